The molecule has 2 N–H and O–H groups in total. The highest BCUT2D eigenvalue weighted by molar-refractivity contribution is 7.90. The molecule has 104 valence electrons. The largest absolute Gasteiger partial charge is 0.393 e. The van der Waals surface area contributed by atoms with Crippen LogP contribution in [0, 0.1) is 0 Å². The first-order valence-corrected chi connectivity index (χ1v) is 7.91. The lowest BCUT2D eigenvalue weighted by Gasteiger charge is -2.15. The monoisotopic (exact) mass is 274 g/mol. The molecule has 1 aromatic heterocycles. The number of unbranched alkanes of at least 4 members (excludes halogenated alkanes) is 2. The quantitative estimate of drug-likeness (QED) is 0.786. The molecular formula is C11H22N4O2S. The molecule has 1 rings (SSSR count). The van der Waals surface area contributed by atoms with Gasteiger partial charge in [0.1, 0.15) is 5.69 Å². The molecule has 0 aromatic carbocycles. The Morgan fingerprint density at radius 3 is 2.39 bits per heavy atom. The van der Waals surface area contributed by atoms with Crippen molar-refractivity contribution in [1.82, 2.24) is 9.78 Å². The van der Waals surface area contributed by atoms with Crippen LogP contribution in [0.1, 0.15) is 26.2 Å². The van der Waals surface area contributed by atoms with Crippen molar-refractivity contribution in [3.63, 3.8) is 0 Å². The first kappa shape index (κ1) is 14.8. The first-order valence-electron chi connectivity index (χ1n) is 6.02. The number of hydrogen-bond donors (Lipinski definition) is 1. The van der Waals surface area contributed by atoms with Crippen molar-refractivity contribution in [3.05, 3.63) is 0 Å². The lowest BCUT2D eigenvalue weighted by Crippen LogP contribution is -2.16. The van der Waals surface area contributed by atoms with Gasteiger partial charge < -0.3 is 10.6 Å². The average Bonchev–Trinajstić information content (AvgIpc) is 2.55. The standard InChI is InChI=1S/C11H22N4O2S/c1-5-6-7-8-15-11(14(2)3)9(12)10(13-15)18(4,16)17/h5-8,12H2,1-4H3. The molecule has 0 atom stereocenters. The van der Waals surface area contributed by atoms with E-state index in [-0.39, 0.29) is 10.7 Å². The van der Waals surface area contributed by atoms with Crippen LogP contribution in [-0.2, 0) is 16.4 Å². The van der Waals surface area contributed by atoms with Gasteiger partial charge in [0.15, 0.2) is 15.7 Å². The molecule has 0 radical (unpaired) electrons. The second-order valence-electron chi connectivity index (χ2n) is 4.64. The number of aromatic nitrogens is 2. The molecular weight excluding hydrogens is 252 g/mol. The van der Waals surface area contributed by atoms with Gasteiger partial charge in [-0.05, 0) is 6.42 Å². The zero-order valence-electron chi connectivity index (χ0n) is 11.5. The molecule has 0 amide bonds. The van der Waals surface area contributed by atoms with Crippen LogP contribution in [0.5, 0.6) is 0 Å². The van der Waals surface area contributed by atoms with Crippen LogP contribution in [0.3, 0.4) is 0 Å². The van der Waals surface area contributed by atoms with E-state index in [0.717, 1.165) is 25.5 Å². The van der Waals surface area contributed by atoms with Gasteiger partial charge in [0.25, 0.3) is 0 Å². The summed E-state index contributed by atoms with van der Waals surface area (Å²) in [5.41, 5.74) is 6.13. The topological polar surface area (TPSA) is 81.2 Å². The summed E-state index contributed by atoms with van der Waals surface area (Å²) in [4.78, 5) is 1.79. The first-order chi connectivity index (χ1) is 8.29. The van der Waals surface area contributed by atoms with Gasteiger partial charge in [0.2, 0.25) is 5.03 Å². The van der Waals surface area contributed by atoms with E-state index in [1.54, 1.807) is 9.58 Å². The smallest absolute Gasteiger partial charge is 0.201 e. The molecule has 1 aromatic rings. The van der Waals surface area contributed by atoms with Gasteiger partial charge in [-0.25, -0.2) is 13.1 Å². The van der Waals surface area contributed by atoms with Gasteiger partial charge in [-0.15, -0.1) is 0 Å². The van der Waals surface area contributed by atoms with Gasteiger partial charge >= 0.3 is 0 Å². The zero-order chi connectivity index (χ0) is 13.9. The van der Waals surface area contributed by atoms with Crippen molar-refractivity contribution in [2.75, 3.05) is 31.0 Å². The molecule has 0 aliphatic heterocycles. The van der Waals surface area contributed by atoms with Crippen molar-refractivity contribution in [2.24, 2.45) is 0 Å². The van der Waals surface area contributed by atoms with Gasteiger partial charge in [-0.2, -0.15) is 5.10 Å². The Hall–Kier alpha value is -1.24. The maximum atomic E-state index is 11.6. The minimum Gasteiger partial charge on any atom is -0.393 e. The summed E-state index contributed by atoms with van der Waals surface area (Å²) in [6, 6.07) is 0. The summed E-state index contributed by atoms with van der Waals surface area (Å²) in [6.07, 6.45) is 4.27. The van der Waals surface area contributed by atoms with Gasteiger partial charge in [0.05, 0.1) is 0 Å². The van der Waals surface area contributed by atoms with Gasteiger partial charge in [-0.1, -0.05) is 19.8 Å². The maximum Gasteiger partial charge on any atom is 0.201 e. The highest BCUT2D eigenvalue weighted by atomic mass is 32.2. The molecule has 0 spiro atoms. The number of hydrogen-bond acceptors (Lipinski definition) is 5. The van der Waals surface area contributed by atoms with Crippen molar-refractivity contribution < 1.29 is 8.42 Å². The van der Waals surface area contributed by atoms with Crippen molar-refractivity contribution >= 4 is 21.3 Å². The second kappa shape index (κ2) is 5.60. The highest BCUT2D eigenvalue weighted by Crippen LogP contribution is 2.28. The molecule has 0 aliphatic rings. The molecule has 0 saturated heterocycles. The van der Waals surface area contributed by atoms with Crippen molar-refractivity contribution in [2.45, 2.75) is 37.8 Å². The average molecular weight is 274 g/mol. The number of nitrogen functional groups attached to an aromatic ring is 1. The van der Waals surface area contributed by atoms with Crippen molar-refractivity contribution in [1.29, 1.82) is 0 Å². The Morgan fingerprint density at radius 1 is 1.33 bits per heavy atom. The Bertz CT molecular complexity index is 505. The lowest BCUT2D eigenvalue weighted by molar-refractivity contribution is 0.538. The fourth-order valence-electron chi connectivity index (χ4n) is 1.86. The number of aryl methyl sites for hydroxylation is 1. The molecule has 0 saturated carbocycles. The Kier molecular flexibility index (Phi) is 4.61. The fraction of sp³-hybridized carbons (Fsp3) is 0.727. The molecule has 18 heavy (non-hydrogen) atoms. The van der Waals surface area contributed by atoms with Crippen LogP contribution < -0.4 is 10.6 Å². The number of rotatable bonds is 6. The molecule has 0 aliphatic carbocycles. The molecule has 0 fully saturated rings. The van der Waals surface area contributed by atoms with Crippen LogP contribution in [0.4, 0.5) is 11.5 Å². The fourth-order valence-corrected chi connectivity index (χ4v) is 2.60. The predicted molar refractivity (Wildman–Crippen MR) is 73.6 cm³/mol. The van der Waals surface area contributed by atoms with Crippen LogP contribution in [-0.4, -0.2) is 38.5 Å². The van der Waals surface area contributed by atoms with E-state index in [0.29, 0.717) is 12.4 Å². The van der Waals surface area contributed by atoms with Crippen molar-refractivity contribution in [3.8, 4) is 0 Å². The summed E-state index contributed by atoms with van der Waals surface area (Å²) in [6.45, 7) is 2.80. The zero-order valence-corrected chi connectivity index (χ0v) is 12.3. The number of nitrogens with zero attached hydrogens (tertiary/aromatic N) is 3. The van der Waals surface area contributed by atoms with Gasteiger partial charge in [0, 0.05) is 26.9 Å². The molecule has 6 nitrogen and oxygen atoms in total. The third kappa shape index (κ3) is 3.16. The van der Waals surface area contributed by atoms with Gasteiger partial charge in [-0.3, -0.25) is 0 Å². The molecule has 0 unspecified atom stereocenters. The van der Waals surface area contributed by atoms with E-state index in [4.69, 9.17) is 5.73 Å². The second-order valence-corrected chi connectivity index (χ2v) is 6.57. The van der Waals surface area contributed by atoms with E-state index in [2.05, 4.69) is 12.0 Å². The Balaban J connectivity index is 3.16. The summed E-state index contributed by atoms with van der Waals surface area (Å²) in [5, 5.41) is 4.11. The van der Waals surface area contributed by atoms with E-state index in [1.807, 2.05) is 14.1 Å². The lowest BCUT2D eigenvalue weighted by atomic mass is 10.2. The highest BCUT2D eigenvalue weighted by Gasteiger charge is 2.23. The SMILES string of the molecule is CCCCCn1nc(S(C)(=O)=O)c(N)c1N(C)C. The molecule has 0 bridgehead atoms. The summed E-state index contributed by atoms with van der Waals surface area (Å²) in [7, 11) is 0.275. The maximum absolute atomic E-state index is 11.6. The van der Waals surface area contributed by atoms with E-state index >= 15 is 0 Å². The van der Waals surface area contributed by atoms with E-state index in [9.17, 15) is 8.42 Å². The summed E-state index contributed by atoms with van der Waals surface area (Å²) < 4.78 is 24.9. The van der Waals surface area contributed by atoms with E-state index in [1.165, 1.54) is 0 Å². The number of nitrogens with two attached hydrogens (primary N) is 1. The van der Waals surface area contributed by atoms with Crippen LogP contribution in [0.2, 0.25) is 0 Å². The predicted octanol–water partition coefficient (Wildman–Crippen LogP) is 1.13. The number of sulfone groups is 1. The Morgan fingerprint density at radius 2 is 1.94 bits per heavy atom. The number of anilines is 2. The Labute approximate surface area is 109 Å². The van der Waals surface area contributed by atoms with Crippen LogP contribution >= 0.6 is 0 Å². The summed E-state index contributed by atoms with van der Waals surface area (Å²) in [5.74, 6) is 0.659. The normalized spacial score (nSPS) is 11.8. The minimum atomic E-state index is -3.38. The minimum absolute atomic E-state index is 0.0253. The van der Waals surface area contributed by atoms with Crippen LogP contribution in [0.15, 0.2) is 5.03 Å². The molecule has 1 heterocycles. The van der Waals surface area contributed by atoms with E-state index < -0.39 is 9.84 Å². The van der Waals surface area contributed by atoms with Crippen LogP contribution in [0.25, 0.3) is 0 Å². The third-order valence-corrected chi connectivity index (χ3v) is 3.68. The molecule has 7 heteroatoms. The third-order valence-electron chi connectivity index (χ3n) is 2.68. The summed E-state index contributed by atoms with van der Waals surface area (Å²) >= 11 is 0.